The van der Waals surface area contributed by atoms with Crippen molar-refractivity contribution < 1.29 is 4.39 Å². The SMILES string of the molecule is Cc1ccc(N2c3cc(N(c4ccc(C(C)(C)C)cc4)c4ccc(C(C)(C)C)cc4)ccc3B3c4cc(-n5c6ccc(C(C)(C)C)cc6c6cc(C(C)(C)C)ccc65)c5c(c4N(c4ccc(C)cc4F)c4cc(C(C)(C)C)cc2c43)C(C)(C)c2ccccc2-5)cc1. The van der Waals surface area contributed by atoms with Crippen LogP contribution in [0.4, 0.5) is 55.6 Å². The zero-order valence-electron chi connectivity index (χ0n) is 57.1. The number of hydrogen-bond acceptors (Lipinski definition) is 3. The summed E-state index contributed by atoms with van der Waals surface area (Å²) in [5.41, 5.74) is 28.2. The molecule has 0 radical (unpaired) electrons. The number of aryl methyl sites for hydroxylation is 2. The monoisotopic (exact) mass is 1190 g/mol. The molecule has 0 saturated heterocycles. The van der Waals surface area contributed by atoms with Gasteiger partial charge >= 0.3 is 0 Å². The highest BCUT2D eigenvalue weighted by Crippen LogP contribution is 2.59. The van der Waals surface area contributed by atoms with Gasteiger partial charge in [0.05, 0.1) is 22.4 Å². The third-order valence-corrected chi connectivity index (χ3v) is 20.3. The Morgan fingerprint density at radius 3 is 1.43 bits per heavy atom. The van der Waals surface area contributed by atoms with Crippen molar-refractivity contribution in [2.24, 2.45) is 0 Å². The third-order valence-electron chi connectivity index (χ3n) is 20.3. The molecule has 0 saturated carbocycles. The quantitative estimate of drug-likeness (QED) is 0.154. The van der Waals surface area contributed by atoms with E-state index in [-0.39, 0.29) is 39.6 Å². The molecule has 0 spiro atoms. The maximum atomic E-state index is 18.1. The van der Waals surface area contributed by atoms with Crippen molar-refractivity contribution in [3.63, 3.8) is 0 Å². The Balaban J connectivity index is 1.15. The molecular weight excluding hydrogens is 1110 g/mol. The van der Waals surface area contributed by atoms with Gasteiger partial charge in [-0.25, -0.2) is 4.39 Å². The van der Waals surface area contributed by atoms with E-state index in [1.807, 2.05) is 13.0 Å². The van der Waals surface area contributed by atoms with Gasteiger partial charge in [-0.1, -0.05) is 208 Å². The van der Waals surface area contributed by atoms with E-state index < -0.39 is 5.41 Å². The Morgan fingerprint density at radius 1 is 0.407 bits per heavy atom. The summed E-state index contributed by atoms with van der Waals surface area (Å²) < 4.78 is 20.7. The van der Waals surface area contributed by atoms with Crippen molar-refractivity contribution in [3.05, 3.63) is 244 Å². The van der Waals surface area contributed by atoms with Crippen LogP contribution in [0.2, 0.25) is 0 Å². The zero-order chi connectivity index (χ0) is 64.6. The molecule has 3 heterocycles. The molecule has 1 aliphatic carbocycles. The second kappa shape index (κ2) is 20.4. The summed E-state index contributed by atoms with van der Waals surface area (Å²) in [4.78, 5) is 7.33. The normalized spacial score (nSPS) is 14.4. The minimum Gasteiger partial charge on any atom is -0.311 e. The molecule has 6 heteroatoms. The van der Waals surface area contributed by atoms with Gasteiger partial charge in [-0.15, -0.1) is 0 Å². The maximum absolute atomic E-state index is 18.1. The highest BCUT2D eigenvalue weighted by molar-refractivity contribution is 7.00. The van der Waals surface area contributed by atoms with E-state index >= 15 is 4.39 Å². The minimum atomic E-state index is -0.536. The van der Waals surface area contributed by atoms with Gasteiger partial charge in [0.25, 0.3) is 6.71 Å². The largest absolute Gasteiger partial charge is 0.311 e. The van der Waals surface area contributed by atoms with E-state index in [1.165, 1.54) is 71.9 Å². The molecule has 14 rings (SSSR count). The maximum Gasteiger partial charge on any atom is 0.252 e. The average Bonchev–Trinajstić information content (AvgIpc) is 1.66. The second-order valence-electron chi connectivity index (χ2n) is 32.3. The molecule has 11 aromatic rings. The molecule has 0 amide bonds. The zero-order valence-corrected chi connectivity index (χ0v) is 57.1. The predicted octanol–water partition coefficient (Wildman–Crippen LogP) is 21.9. The first-order valence-corrected chi connectivity index (χ1v) is 33.0. The summed E-state index contributed by atoms with van der Waals surface area (Å²) in [5, 5.41) is 2.48. The fourth-order valence-electron chi connectivity index (χ4n) is 15.0. The van der Waals surface area contributed by atoms with Crippen LogP contribution < -0.4 is 31.1 Å². The molecule has 0 N–H and O–H groups in total. The van der Waals surface area contributed by atoms with Crippen molar-refractivity contribution in [3.8, 4) is 16.8 Å². The summed E-state index contributed by atoms with van der Waals surface area (Å²) in [6, 6.07) is 71.4. The lowest BCUT2D eigenvalue weighted by atomic mass is 9.33. The van der Waals surface area contributed by atoms with Crippen LogP contribution in [-0.2, 0) is 32.5 Å². The van der Waals surface area contributed by atoms with Crippen molar-refractivity contribution in [2.75, 3.05) is 14.7 Å². The second-order valence-corrected chi connectivity index (χ2v) is 32.3. The molecule has 0 fully saturated rings. The Bertz CT molecular complexity index is 4650. The lowest BCUT2D eigenvalue weighted by Crippen LogP contribution is -2.62. The Kier molecular flexibility index (Phi) is 13.5. The molecule has 4 nitrogen and oxygen atoms in total. The number of anilines is 9. The van der Waals surface area contributed by atoms with E-state index in [9.17, 15) is 0 Å². The molecule has 10 aromatic carbocycles. The highest BCUT2D eigenvalue weighted by Gasteiger charge is 2.50. The fraction of sp³-hybridized carbons (Fsp3) is 0.294. The summed E-state index contributed by atoms with van der Waals surface area (Å²) >= 11 is 0. The van der Waals surface area contributed by atoms with Gasteiger partial charge in [0.2, 0.25) is 0 Å². The number of halogens is 1. The van der Waals surface area contributed by atoms with Crippen LogP contribution in [0.15, 0.2) is 188 Å². The predicted molar refractivity (Wildman–Crippen MR) is 390 cm³/mol. The van der Waals surface area contributed by atoms with Crippen LogP contribution >= 0.6 is 0 Å². The first kappa shape index (κ1) is 60.0. The van der Waals surface area contributed by atoms with E-state index in [0.29, 0.717) is 5.69 Å². The smallest absolute Gasteiger partial charge is 0.252 e. The highest BCUT2D eigenvalue weighted by atomic mass is 19.1. The molecule has 1 aromatic heterocycles. The Morgan fingerprint density at radius 2 is 0.901 bits per heavy atom. The molecule has 0 atom stereocenters. The summed E-state index contributed by atoms with van der Waals surface area (Å²) in [7, 11) is 0. The molecular formula is C85H88BFN4. The Hall–Kier alpha value is -8.61. The average molecular weight is 1200 g/mol. The number of aromatic nitrogens is 1. The van der Waals surface area contributed by atoms with E-state index in [4.69, 9.17) is 0 Å². The van der Waals surface area contributed by atoms with Gasteiger partial charge in [-0.05, 0) is 211 Å². The molecule has 2 aliphatic heterocycles. The lowest BCUT2D eigenvalue weighted by Gasteiger charge is -2.47. The van der Waals surface area contributed by atoms with Gasteiger partial charge in [-0.2, -0.15) is 0 Å². The van der Waals surface area contributed by atoms with E-state index in [1.54, 1.807) is 6.07 Å². The number of rotatable bonds is 6. The molecule has 0 unspecified atom stereocenters. The topological polar surface area (TPSA) is 14.7 Å². The molecule has 91 heavy (non-hydrogen) atoms. The summed E-state index contributed by atoms with van der Waals surface area (Å²) in [5.74, 6) is -0.250. The van der Waals surface area contributed by atoms with E-state index in [2.05, 4.69) is 320 Å². The van der Waals surface area contributed by atoms with Crippen molar-refractivity contribution in [1.29, 1.82) is 0 Å². The number of benzene rings is 10. The van der Waals surface area contributed by atoms with Crippen LogP contribution in [-0.4, -0.2) is 11.3 Å². The minimum absolute atomic E-state index is 0.0154. The summed E-state index contributed by atoms with van der Waals surface area (Å²) in [6.07, 6.45) is 0. The molecule has 458 valence electrons. The van der Waals surface area contributed by atoms with Crippen LogP contribution in [0.1, 0.15) is 168 Å². The van der Waals surface area contributed by atoms with Gasteiger partial charge in [0.15, 0.2) is 0 Å². The standard InChI is InChI=1S/C85H88BFN4/c1-51-24-33-60(34-25-51)89-72-49-61(88(58-35-27-53(28-36-58)80(3,4)5)59-37-29-54(30-38-59)81(6,7)8)39-40-66(72)86-67-50-73(90-69-42-31-55(82(9,10)11)45-63(69)64-46-56(83(12,13)14)32-43-70(64)90)76-62-22-20-21-23-65(62)85(18,19)77(76)79(67)91(71-41-26-52(2)44-68(71)87)75-48-57(84(15,16)17)47-74(89)78(75)86/h20-50H,1-19H3. The molecule has 0 bridgehead atoms. The van der Waals surface area contributed by atoms with Crippen LogP contribution in [0, 0.1) is 19.7 Å². The van der Waals surface area contributed by atoms with Crippen molar-refractivity contribution in [1.82, 2.24) is 4.57 Å². The fourth-order valence-corrected chi connectivity index (χ4v) is 15.0. The van der Waals surface area contributed by atoms with E-state index in [0.717, 1.165) is 78.7 Å². The molecule has 3 aliphatic rings. The van der Waals surface area contributed by atoms with Gasteiger partial charge in [0.1, 0.15) is 5.82 Å². The number of nitrogens with zero attached hydrogens (tertiary/aromatic N) is 4. The lowest BCUT2D eigenvalue weighted by molar-refractivity contribution is 0.590. The first-order valence-electron chi connectivity index (χ1n) is 33.0. The van der Waals surface area contributed by atoms with Gasteiger partial charge in [-0.3, -0.25) is 0 Å². The van der Waals surface area contributed by atoms with Gasteiger partial charge in [0, 0.05) is 67.2 Å². The first-order chi connectivity index (χ1) is 42.8. The number of hydrogen-bond donors (Lipinski definition) is 0. The van der Waals surface area contributed by atoms with Crippen molar-refractivity contribution >= 4 is 96.1 Å². The van der Waals surface area contributed by atoms with Crippen LogP contribution in [0.3, 0.4) is 0 Å². The van der Waals surface area contributed by atoms with Crippen LogP contribution in [0.25, 0.3) is 38.6 Å². The van der Waals surface area contributed by atoms with Crippen molar-refractivity contribution in [2.45, 2.75) is 164 Å². The summed E-state index contributed by atoms with van der Waals surface area (Å²) in [6.45, 7) is 43.3. The van der Waals surface area contributed by atoms with Gasteiger partial charge < -0.3 is 19.3 Å². The van der Waals surface area contributed by atoms with Crippen LogP contribution in [0.5, 0.6) is 0 Å². The number of fused-ring (bicyclic) bond motifs is 11. The Labute approximate surface area is 541 Å². The third kappa shape index (κ3) is 9.67.